The summed E-state index contributed by atoms with van der Waals surface area (Å²) in [6, 6.07) is 41.4. The number of aldehydes is 1. The summed E-state index contributed by atoms with van der Waals surface area (Å²) in [5, 5.41) is 11.1. The van der Waals surface area contributed by atoms with Crippen LogP contribution in [0, 0.1) is 0 Å². The lowest BCUT2D eigenvalue weighted by Gasteiger charge is -2.36. The summed E-state index contributed by atoms with van der Waals surface area (Å²) in [5.74, 6) is 0.462. The molecule has 0 unspecified atom stereocenters. The Bertz CT molecular complexity index is 1780. The third-order valence-corrected chi connectivity index (χ3v) is 7.64. The summed E-state index contributed by atoms with van der Waals surface area (Å²) in [5.41, 5.74) is 3.65. The van der Waals surface area contributed by atoms with Crippen molar-refractivity contribution in [1.29, 1.82) is 0 Å². The molecule has 0 aliphatic carbocycles. The number of benzene rings is 4. The van der Waals surface area contributed by atoms with Crippen molar-refractivity contribution in [1.82, 2.24) is 20.1 Å². The average molecular weight is 582 g/mol. The van der Waals surface area contributed by atoms with Crippen molar-refractivity contribution in [3.63, 3.8) is 0 Å². The number of fused-ring (bicyclic) bond motifs is 1. The van der Waals surface area contributed by atoms with Crippen molar-refractivity contribution in [2.45, 2.75) is 12.0 Å². The normalized spacial score (nSPS) is 11.2. The van der Waals surface area contributed by atoms with Crippen LogP contribution in [0.2, 0.25) is 0 Å². The Morgan fingerprint density at radius 2 is 1.34 bits per heavy atom. The fourth-order valence-electron chi connectivity index (χ4n) is 5.71. The first-order valence-electron chi connectivity index (χ1n) is 14.3. The largest absolute Gasteiger partial charge is 0.479 e. The SMILES string of the molecule is COc1nn(C(c2ccccc2)(c2ccccc2)c2ccccc2)c2cc(NC(=O)NCCc3ccccc3)nc(C=O)c12. The Morgan fingerprint density at radius 3 is 1.84 bits per heavy atom. The zero-order chi connectivity index (χ0) is 30.4. The van der Waals surface area contributed by atoms with Gasteiger partial charge in [-0.15, -0.1) is 5.10 Å². The van der Waals surface area contributed by atoms with Gasteiger partial charge in [0.05, 0.1) is 18.0 Å². The minimum atomic E-state index is -0.977. The lowest BCUT2D eigenvalue weighted by atomic mass is 9.77. The van der Waals surface area contributed by atoms with Gasteiger partial charge in [0, 0.05) is 12.6 Å². The van der Waals surface area contributed by atoms with Gasteiger partial charge in [0.1, 0.15) is 17.1 Å². The van der Waals surface area contributed by atoms with Gasteiger partial charge >= 0.3 is 6.03 Å². The Labute approximate surface area is 255 Å². The quantitative estimate of drug-likeness (QED) is 0.143. The number of rotatable bonds is 10. The number of nitrogens with zero attached hydrogens (tertiary/aromatic N) is 3. The monoisotopic (exact) mass is 581 g/mol. The van der Waals surface area contributed by atoms with Crippen molar-refractivity contribution in [3.05, 3.63) is 155 Å². The molecule has 0 saturated heterocycles. The van der Waals surface area contributed by atoms with E-state index in [1.54, 1.807) is 6.07 Å². The molecule has 2 N–H and O–H groups in total. The first kappa shape index (κ1) is 28.4. The standard InChI is InChI=1S/C36H31N5O3/c1-44-34-33-30(25-42)38-32(39-35(43)37-23-22-26-14-6-2-7-15-26)24-31(33)41(40-34)36(27-16-8-3-9-17-27,28-18-10-4-11-19-28)29-20-12-5-13-21-29/h2-21,24-25H,22-23H2,1H3,(H2,37,38,39,43). The molecule has 0 bridgehead atoms. The summed E-state index contributed by atoms with van der Waals surface area (Å²) in [4.78, 5) is 29.9. The number of amides is 2. The molecule has 0 aliphatic rings. The number of carbonyl (C=O) groups is 2. The number of aromatic nitrogens is 3. The number of urea groups is 1. The van der Waals surface area contributed by atoms with E-state index in [2.05, 4.69) is 52.0 Å². The number of anilines is 1. The summed E-state index contributed by atoms with van der Waals surface area (Å²) in [7, 11) is 1.52. The molecular weight excluding hydrogens is 550 g/mol. The minimum Gasteiger partial charge on any atom is -0.479 e. The maximum Gasteiger partial charge on any atom is 0.320 e. The highest BCUT2D eigenvalue weighted by Crippen LogP contribution is 2.44. The maximum absolute atomic E-state index is 12.9. The van der Waals surface area contributed by atoms with Crippen molar-refractivity contribution in [3.8, 4) is 5.88 Å². The third-order valence-electron chi connectivity index (χ3n) is 7.64. The first-order chi connectivity index (χ1) is 21.6. The lowest BCUT2D eigenvalue weighted by molar-refractivity contribution is 0.112. The van der Waals surface area contributed by atoms with Gasteiger partial charge in [0.15, 0.2) is 6.29 Å². The van der Waals surface area contributed by atoms with E-state index in [0.717, 1.165) is 22.3 Å². The Balaban J connectivity index is 1.52. The summed E-state index contributed by atoms with van der Waals surface area (Å²) < 4.78 is 7.61. The van der Waals surface area contributed by atoms with Gasteiger partial charge in [-0.05, 0) is 28.7 Å². The molecule has 2 amide bonds. The second kappa shape index (κ2) is 12.6. The zero-order valence-corrected chi connectivity index (χ0v) is 24.2. The second-order valence-corrected chi connectivity index (χ2v) is 10.3. The van der Waals surface area contributed by atoms with Crippen LogP contribution in [0.25, 0.3) is 10.9 Å². The van der Waals surface area contributed by atoms with E-state index in [0.29, 0.717) is 30.2 Å². The molecule has 6 rings (SSSR count). The minimum absolute atomic E-state index is 0.105. The predicted molar refractivity (Wildman–Crippen MR) is 171 cm³/mol. The molecule has 0 fully saturated rings. The van der Waals surface area contributed by atoms with Crippen molar-refractivity contribution in [2.24, 2.45) is 0 Å². The second-order valence-electron chi connectivity index (χ2n) is 10.3. The van der Waals surface area contributed by atoms with Crippen molar-refractivity contribution >= 4 is 29.0 Å². The molecule has 2 heterocycles. The zero-order valence-electron chi connectivity index (χ0n) is 24.2. The molecule has 0 saturated carbocycles. The van der Waals surface area contributed by atoms with Crippen LogP contribution < -0.4 is 15.4 Å². The van der Waals surface area contributed by atoms with Crippen LogP contribution in [0.3, 0.4) is 0 Å². The van der Waals surface area contributed by atoms with Gasteiger partial charge in [0.25, 0.3) is 0 Å². The molecule has 0 aliphatic heterocycles. The number of hydrogen-bond acceptors (Lipinski definition) is 5. The molecule has 218 valence electrons. The van der Waals surface area contributed by atoms with E-state index in [1.165, 1.54) is 7.11 Å². The summed E-state index contributed by atoms with van der Waals surface area (Å²) in [6.45, 7) is 0.434. The van der Waals surface area contributed by atoms with E-state index in [1.807, 2.05) is 89.6 Å². The highest BCUT2D eigenvalue weighted by atomic mass is 16.5. The van der Waals surface area contributed by atoms with Gasteiger partial charge in [-0.1, -0.05) is 121 Å². The molecule has 0 atom stereocenters. The Morgan fingerprint density at radius 1 is 0.818 bits per heavy atom. The fourth-order valence-corrected chi connectivity index (χ4v) is 5.71. The van der Waals surface area contributed by atoms with Crippen LogP contribution >= 0.6 is 0 Å². The predicted octanol–water partition coefficient (Wildman–Crippen LogP) is 6.46. The van der Waals surface area contributed by atoms with Crippen molar-refractivity contribution in [2.75, 3.05) is 19.0 Å². The molecule has 8 nitrogen and oxygen atoms in total. The smallest absolute Gasteiger partial charge is 0.320 e. The number of hydrogen-bond donors (Lipinski definition) is 2. The number of carbonyl (C=O) groups excluding carboxylic acids is 2. The van der Waals surface area contributed by atoms with Gasteiger partial charge in [0.2, 0.25) is 5.88 Å². The first-order valence-corrected chi connectivity index (χ1v) is 14.3. The molecule has 8 heteroatoms. The lowest BCUT2D eigenvalue weighted by Crippen LogP contribution is -2.38. The number of nitrogens with one attached hydrogen (secondary N) is 2. The van der Waals surface area contributed by atoms with E-state index in [4.69, 9.17) is 9.84 Å². The van der Waals surface area contributed by atoms with Gasteiger partial charge in [-0.25, -0.2) is 14.5 Å². The van der Waals surface area contributed by atoms with Crippen LogP contribution in [-0.2, 0) is 12.0 Å². The fraction of sp³-hybridized carbons (Fsp3) is 0.111. The average Bonchev–Trinajstić information content (AvgIpc) is 3.45. The van der Waals surface area contributed by atoms with E-state index in [9.17, 15) is 9.59 Å². The van der Waals surface area contributed by atoms with Gasteiger partial charge in [-0.3, -0.25) is 10.1 Å². The van der Waals surface area contributed by atoms with E-state index >= 15 is 0 Å². The molecule has 0 radical (unpaired) electrons. The number of pyridine rings is 1. The maximum atomic E-state index is 12.9. The van der Waals surface area contributed by atoms with E-state index in [-0.39, 0.29) is 17.4 Å². The number of ether oxygens (including phenoxy) is 1. The summed E-state index contributed by atoms with van der Waals surface area (Å²) in [6.07, 6.45) is 1.34. The van der Waals surface area contributed by atoms with Gasteiger partial charge in [-0.2, -0.15) is 0 Å². The Kier molecular flexibility index (Phi) is 8.14. The molecule has 0 spiro atoms. The van der Waals surface area contributed by atoms with Gasteiger partial charge < -0.3 is 10.1 Å². The number of methoxy groups -OCH3 is 1. The van der Waals surface area contributed by atoms with E-state index < -0.39 is 11.6 Å². The molecule has 6 aromatic rings. The molecule has 2 aromatic heterocycles. The van der Waals surface area contributed by atoms with Crippen LogP contribution in [-0.4, -0.2) is 40.7 Å². The summed E-state index contributed by atoms with van der Waals surface area (Å²) >= 11 is 0. The highest BCUT2D eigenvalue weighted by Gasteiger charge is 2.41. The topological polar surface area (TPSA) is 98.1 Å². The van der Waals surface area contributed by atoms with Crippen LogP contribution in [0.1, 0.15) is 32.7 Å². The van der Waals surface area contributed by atoms with Crippen LogP contribution in [0.5, 0.6) is 5.88 Å². The Hall–Kier alpha value is -5.76. The third kappa shape index (κ3) is 5.29. The molecular formula is C36H31N5O3. The molecule has 44 heavy (non-hydrogen) atoms. The van der Waals surface area contributed by atoms with Crippen LogP contribution in [0.15, 0.2) is 127 Å². The highest BCUT2D eigenvalue weighted by molar-refractivity contribution is 6.01. The van der Waals surface area contributed by atoms with Crippen LogP contribution in [0.4, 0.5) is 10.6 Å². The molecule has 4 aromatic carbocycles. The van der Waals surface area contributed by atoms with Crippen molar-refractivity contribution < 1.29 is 14.3 Å².